The van der Waals surface area contributed by atoms with Gasteiger partial charge in [0.25, 0.3) is 0 Å². The molecular formula is C14H26O2. The number of rotatable bonds is 9. The maximum absolute atomic E-state index is 5.01. The minimum atomic E-state index is 0.529. The molecule has 94 valence electrons. The van der Waals surface area contributed by atoms with E-state index in [-0.39, 0.29) is 0 Å². The van der Waals surface area contributed by atoms with E-state index in [1.165, 1.54) is 0 Å². The minimum Gasteiger partial charge on any atom is -0.232 e. The van der Waals surface area contributed by atoms with E-state index in [4.69, 9.17) is 9.78 Å². The largest absolute Gasteiger partial charge is 0.232 e. The molecule has 0 spiro atoms. The molecule has 2 nitrogen and oxygen atoms in total. The summed E-state index contributed by atoms with van der Waals surface area (Å²) in [6.45, 7) is 9.78. The van der Waals surface area contributed by atoms with Crippen molar-refractivity contribution < 1.29 is 9.78 Å². The highest BCUT2D eigenvalue weighted by molar-refractivity contribution is 4.86. The maximum atomic E-state index is 5.01. The molecule has 0 N–H and O–H groups in total. The fourth-order valence-electron chi connectivity index (χ4n) is 1.02. The molecule has 0 aromatic heterocycles. The maximum Gasteiger partial charge on any atom is 0.100 e. The van der Waals surface area contributed by atoms with Gasteiger partial charge < -0.3 is 0 Å². The SMILES string of the molecule is CCC(C)/C=C/COOC/C=C/C(C)CC. The van der Waals surface area contributed by atoms with Gasteiger partial charge in [-0.25, -0.2) is 9.78 Å². The van der Waals surface area contributed by atoms with E-state index in [1.807, 2.05) is 12.2 Å². The molecule has 16 heavy (non-hydrogen) atoms. The van der Waals surface area contributed by atoms with E-state index in [0.29, 0.717) is 25.0 Å². The monoisotopic (exact) mass is 226 g/mol. The lowest BCUT2D eigenvalue weighted by atomic mass is 10.1. The van der Waals surface area contributed by atoms with Crippen LogP contribution in [0.4, 0.5) is 0 Å². The van der Waals surface area contributed by atoms with Gasteiger partial charge in [0.2, 0.25) is 0 Å². The zero-order chi connectivity index (χ0) is 12.2. The zero-order valence-electron chi connectivity index (χ0n) is 11.1. The molecule has 0 aliphatic rings. The Kier molecular flexibility index (Phi) is 10.5. The lowest BCUT2D eigenvalue weighted by Crippen LogP contribution is -1.96. The summed E-state index contributed by atoms with van der Waals surface area (Å²) in [7, 11) is 0. The van der Waals surface area contributed by atoms with Crippen molar-refractivity contribution in [3.63, 3.8) is 0 Å². The number of allylic oxidation sites excluding steroid dienone is 2. The molecular weight excluding hydrogens is 200 g/mol. The first kappa shape index (κ1) is 15.4. The second-order valence-electron chi connectivity index (χ2n) is 4.20. The first-order valence-corrected chi connectivity index (χ1v) is 6.28. The Morgan fingerprint density at radius 1 is 0.812 bits per heavy atom. The Morgan fingerprint density at radius 3 is 1.50 bits per heavy atom. The Hall–Kier alpha value is -0.600. The summed E-state index contributed by atoms with van der Waals surface area (Å²) in [5.41, 5.74) is 0. The third kappa shape index (κ3) is 9.94. The predicted molar refractivity (Wildman–Crippen MR) is 69.1 cm³/mol. The van der Waals surface area contributed by atoms with Gasteiger partial charge in [0.1, 0.15) is 13.2 Å². The highest BCUT2D eigenvalue weighted by Crippen LogP contribution is 2.02. The zero-order valence-corrected chi connectivity index (χ0v) is 11.1. The van der Waals surface area contributed by atoms with Crippen LogP contribution in [0.2, 0.25) is 0 Å². The summed E-state index contributed by atoms with van der Waals surface area (Å²) in [5, 5.41) is 0. The van der Waals surface area contributed by atoms with E-state index in [2.05, 4.69) is 39.8 Å². The first-order valence-electron chi connectivity index (χ1n) is 6.28. The first-order chi connectivity index (χ1) is 7.70. The second kappa shape index (κ2) is 10.9. The van der Waals surface area contributed by atoms with E-state index >= 15 is 0 Å². The van der Waals surface area contributed by atoms with Gasteiger partial charge in [0.15, 0.2) is 0 Å². The van der Waals surface area contributed by atoms with Crippen molar-refractivity contribution in [2.24, 2.45) is 11.8 Å². The van der Waals surface area contributed by atoms with Gasteiger partial charge in [-0.15, -0.1) is 0 Å². The molecule has 0 fully saturated rings. The van der Waals surface area contributed by atoms with Gasteiger partial charge in [-0.1, -0.05) is 64.8 Å². The highest BCUT2D eigenvalue weighted by atomic mass is 17.2. The highest BCUT2D eigenvalue weighted by Gasteiger charge is 1.91. The molecule has 0 amide bonds. The fraction of sp³-hybridized carbons (Fsp3) is 0.714. The molecule has 2 atom stereocenters. The smallest absolute Gasteiger partial charge is 0.100 e. The minimum absolute atomic E-state index is 0.529. The van der Waals surface area contributed by atoms with E-state index in [9.17, 15) is 0 Å². The summed E-state index contributed by atoms with van der Waals surface area (Å²) in [4.78, 5) is 10.0. The molecule has 2 unspecified atom stereocenters. The summed E-state index contributed by atoms with van der Waals surface area (Å²) in [5.74, 6) is 1.24. The molecule has 2 heteroatoms. The van der Waals surface area contributed by atoms with Crippen LogP contribution in [0.5, 0.6) is 0 Å². The number of hydrogen-bond acceptors (Lipinski definition) is 2. The molecule has 0 rings (SSSR count). The molecule has 0 saturated heterocycles. The van der Waals surface area contributed by atoms with Crippen LogP contribution in [0, 0.1) is 11.8 Å². The Bertz CT molecular complexity index is 175. The van der Waals surface area contributed by atoms with Gasteiger partial charge in [0.05, 0.1) is 0 Å². The lowest BCUT2D eigenvalue weighted by Gasteiger charge is -2.01. The summed E-state index contributed by atoms with van der Waals surface area (Å²) >= 11 is 0. The average molecular weight is 226 g/mol. The molecule has 0 saturated carbocycles. The van der Waals surface area contributed by atoms with Gasteiger partial charge in [-0.2, -0.15) is 0 Å². The third-order valence-corrected chi connectivity index (χ3v) is 2.63. The molecule has 0 bridgehead atoms. The molecule has 0 aromatic carbocycles. The normalized spacial score (nSPS) is 16.0. The van der Waals surface area contributed by atoms with Crippen LogP contribution in [0.1, 0.15) is 40.5 Å². The van der Waals surface area contributed by atoms with Crippen molar-refractivity contribution in [3.05, 3.63) is 24.3 Å². The van der Waals surface area contributed by atoms with Gasteiger partial charge >= 0.3 is 0 Å². The van der Waals surface area contributed by atoms with Crippen LogP contribution < -0.4 is 0 Å². The van der Waals surface area contributed by atoms with E-state index in [0.717, 1.165) is 12.8 Å². The Morgan fingerprint density at radius 2 is 1.19 bits per heavy atom. The topological polar surface area (TPSA) is 18.5 Å². The summed E-state index contributed by atoms with van der Waals surface area (Å²) in [6, 6.07) is 0. The quantitative estimate of drug-likeness (QED) is 0.254. The molecule has 0 aliphatic heterocycles. The molecule has 0 aromatic rings. The van der Waals surface area contributed by atoms with Crippen LogP contribution in [-0.4, -0.2) is 13.2 Å². The van der Waals surface area contributed by atoms with Crippen molar-refractivity contribution in [2.75, 3.05) is 13.2 Å². The van der Waals surface area contributed by atoms with Crippen molar-refractivity contribution in [2.45, 2.75) is 40.5 Å². The van der Waals surface area contributed by atoms with Crippen molar-refractivity contribution >= 4 is 0 Å². The lowest BCUT2D eigenvalue weighted by molar-refractivity contribution is -0.277. The van der Waals surface area contributed by atoms with Crippen molar-refractivity contribution in [1.82, 2.24) is 0 Å². The van der Waals surface area contributed by atoms with E-state index < -0.39 is 0 Å². The van der Waals surface area contributed by atoms with Crippen molar-refractivity contribution in [3.8, 4) is 0 Å². The second-order valence-corrected chi connectivity index (χ2v) is 4.20. The molecule has 0 heterocycles. The molecule has 0 aliphatic carbocycles. The summed E-state index contributed by atoms with van der Waals surface area (Å²) in [6.07, 6.45) is 10.6. The number of hydrogen-bond donors (Lipinski definition) is 0. The van der Waals surface area contributed by atoms with Crippen molar-refractivity contribution in [1.29, 1.82) is 0 Å². The van der Waals surface area contributed by atoms with Crippen LogP contribution in [0.15, 0.2) is 24.3 Å². The van der Waals surface area contributed by atoms with Gasteiger partial charge in [-0.3, -0.25) is 0 Å². The Balaban J connectivity index is 3.34. The van der Waals surface area contributed by atoms with Crippen LogP contribution in [-0.2, 0) is 9.78 Å². The van der Waals surface area contributed by atoms with Gasteiger partial charge in [-0.05, 0) is 11.8 Å². The standard InChI is InChI=1S/C14H26O2/c1-5-13(3)9-7-11-15-16-12-8-10-14(4)6-2/h7-10,13-14H,5-6,11-12H2,1-4H3/b9-7+,10-8+. The van der Waals surface area contributed by atoms with Crippen LogP contribution in [0.3, 0.4) is 0 Å². The Labute approximate surface area is 100 Å². The third-order valence-electron chi connectivity index (χ3n) is 2.63. The fourth-order valence-corrected chi connectivity index (χ4v) is 1.02. The van der Waals surface area contributed by atoms with E-state index in [1.54, 1.807) is 0 Å². The average Bonchev–Trinajstić information content (AvgIpc) is 2.31. The van der Waals surface area contributed by atoms with Crippen LogP contribution in [0.25, 0.3) is 0 Å². The summed E-state index contributed by atoms with van der Waals surface area (Å²) < 4.78 is 0. The van der Waals surface area contributed by atoms with Gasteiger partial charge in [0, 0.05) is 0 Å². The molecule has 0 radical (unpaired) electrons. The predicted octanol–water partition coefficient (Wildman–Crippen LogP) is 4.14. The van der Waals surface area contributed by atoms with Crippen LogP contribution >= 0.6 is 0 Å².